The van der Waals surface area contributed by atoms with E-state index < -0.39 is 18.0 Å². The number of esters is 1. The molecule has 116 valence electrons. The first-order valence-corrected chi connectivity index (χ1v) is 6.92. The van der Waals surface area contributed by atoms with E-state index in [-0.39, 0.29) is 81.6 Å². The Labute approximate surface area is 171 Å². The molecular weight excluding hydrogens is 317 g/mol. The summed E-state index contributed by atoms with van der Waals surface area (Å²) in [6, 6.07) is -0.297. The molecule has 1 amide bonds. The number of aliphatic carboxylic acids is 1. The maximum absolute atomic E-state index is 11.9. The van der Waals surface area contributed by atoms with Gasteiger partial charge in [-0.05, 0) is 31.8 Å². The number of carbonyl (C=O) groups is 3. The molecule has 8 heteroatoms. The van der Waals surface area contributed by atoms with Crippen molar-refractivity contribution in [1.29, 1.82) is 0 Å². The molecule has 2 aliphatic heterocycles. The van der Waals surface area contributed by atoms with Crippen LogP contribution in [0, 0.1) is 5.92 Å². The van der Waals surface area contributed by atoms with Crippen molar-refractivity contribution in [2.24, 2.45) is 5.92 Å². The molecule has 0 saturated carbocycles. The number of ether oxygens (including phenoxy) is 1. The minimum atomic E-state index is -1.38. The molecule has 0 bridgehead atoms. The molecule has 3 atom stereocenters. The van der Waals surface area contributed by atoms with Crippen molar-refractivity contribution in [3.05, 3.63) is 11.3 Å². The maximum atomic E-state index is 11.9. The Morgan fingerprint density at radius 2 is 2.14 bits per heavy atom. The number of hydrogen-bond donors (Lipinski definition) is 1. The van der Waals surface area contributed by atoms with E-state index in [1.807, 2.05) is 0 Å². The fraction of sp³-hybridized carbons (Fsp3) is 0.643. The van der Waals surface area contributed by atoms with Gasteiger partial charge in [0.05, 0.1) is 36.3 Å². The van der Waals surface area contributed by atoms with Gasteiger partial charge in [-0.3, -0.25) is 9.59 Å². The van der Waals surface area contributed by atoms with Crippen LogP contribution in [0.2, 0.25) is 0 Å². The van der Waals surface area contributed by atoms with Gasteiger partial charge >= 0.3 is 57.4 Å². The second kappa shape index (κ2) is 8.03. The van der Waals surface area contributed by atoms with E-state index in [4.69, 9.17) is 4.74 Å². The summed E-state index contributed by atoms with van der Waals surface area (Å²) >= 11 is 0. The van der Waals surface area contributed by atoms with Crippen LogP contribution in [0.25, 0.3) is 0 Å². The maximum Gasteiger partial charge on any atom is 1.00 e. The first-order valence-electron chi connectivity index (χ1n) is 6.92. The zero-order chi connectivity index (χ0) is 15.7. The SMILES string of the molecule is CC(=O)OCCCC1=C(C(=O)[O-])N2C(=O)[C@H]([C@@H](C)O)[C@H]2C1.[K+]. The molecule has 1 N–H and O–H groups in total. The number of fused-ring (bicyclic) bond motifs is 1. The second-order valence-electron chi connectivity index (χ2n) is 5.43. The Morgan fingerprint density at radius 1 is 1.50 bits per heavy atom. The van der Waals surface area contributed by atoms with Crippen molar-refractivity contribution >= 4 is 17.8 Å². The Balaban J connectivity index is 0.00000242. The Hall–Kier alpha value is -0.254. The molecule has 1 saturated heterocycles. The van der Waals surface area contributed by atoms with Crippen molar-refractivity contribution in [1.82, 2.24) is 4.90 Å². The Bertz CT molecular complexity index is 515. The summed E-state index contributed by atoms with van der Waals surface area (Å²) in [7, 11) is 0. The first kappa shape index (κ1) is 19.8. The molecule has 0 aliphatic carbocycles. The summed E-state index contributed by atoms with van der Waals surface area (Å²) < 4.78 is 4.80. The van der Waals surface area contributed by atoms with Crippen molar-refractivity contribution in [2.75, 3.05) is 6.61 Å². The summed E-state index contributed by atoms with van der Waals surface area (Å²) in [5, 5.41) is 20.8. The number of carboxylic acid groups (broad SMARTS) is 1. The largest absolute Gasteiger partial charge is 1.00 e. The van der Waals surface area contributed by atoms with Gasteiger partial charge in [-0.25, -0.2) is 0 Å². The predicted octanol–water partition coefficient (Wildman–Crippen LogP) is -4.05. The van der Waals surface area contributed by atoms with Crippen LogP contribution in [0.3, 0.4) is 0 Å². The van der Waals surface area contributed by atoms with Crippen molar-refractivity contribution in [2.45, 2.75) is 45.3 Å². The predicted molar refractivity (Wildman–Crippen MR) is 68.3 cm³/mol. The van der Waals surface area contributed by atoms with Crippen LogP contribution in [-0.2, 0) is 19.1 Å². The summed E-state index contributed by atoms with van der Waals surface area (Å²) in [4.78, 5) is 35.1. The fourth-order valence-corrected chi connectivity index (χ4v) is 3.07. The Kier molecular flexibility index (Phi) is 7.22. The van der Waals surface area contributed by atoms with Crippen molar-refractivity contribution in [3.8, 4) is 0 Å². The molecule has 7 nitrogen and oxygen atoms in total. The van der Waals surface area contributed by atoms with E-state index in [1.54, 1.807) is 0 Å². The van der Waals surface area contributed by atoms with E-state index in [9.17, 15) is 24.6 Å². The zero-order valence-electron chi connectivity index (χ0n) is 13.0. The molecular formula is C14H18KNO6. The van der Waals surface area contributed by atoms with Gasteiger partial charge in [-0.15, -0.1) is 0 Å². The van der Waals surface area contributed by atoms with Crippen LogP contribution in [-0.4, -0.2) is 46.6 Å². The molecule has 1 fully saturated rings. The molecule has 2 aliphatic rings. The topological polar surface area (TPSA) is 107 Å². The van der Waals surface area contributed by atoms with Gasteiger partial charge in [0.15, 0.2) is 0 Å². The second-order valence-corrected chi connectivity index (χ2v) is 5.43. The Morgan fingerprint density at radius 3 is 2.64 bits per heavy atom. The first-order chi connectivity index (χ1) is 9.84. The molecule has 0 aromatic rings. The summed E-state index contributed by atoms with van der Waals surface area (Å²) in [5.74, 6) is -2.68. The normalized spacial score (nSPS) is 24.3. The van der Waals surface area contributed by atoms with Crippen molar-refractivity contribution < 1.29 is 80.7 Å². The minimum Gasteiger partial charge on any atom is -0.543 e. The van der Waals surface area contributed by atoms with Crippen LogP contribution in [0.15, 0.2) is 11.3 Å². The smallest absolute Gasteiger partial charge is 0.543 e. The fourth-order valence-electron chi connectivity index (χ4n) is 3.07. The molecule has 22 heavy (non-hydrogen) atoms. The van der Waals surface area contributed by atoms with Crippen LogP contribution in [0.5, 0.6) is 0 Å². The van der Waals surface area contributed by atoms with Gasteiger partial charge in [0.1, 0.15) is 0 Å². The summed E-state index contributed by atoms with van der Waals surface area (Å²) in [6.07, 6.45) is 0.524. The number of aliphatic hydroxyl groups excluding tert-OH is 1. The van der Waals surface area contributed by atoms with E-state index in [2.05, 4.69) is 0 Å². The number of hydrogen-bond acceptors (Lipinski definition) is 6. The summed E-state index contributed by atoms with van der Waals surface area (Å²) in [5.41, 5.74) is 0.536. The van der Waals surface area contributed by atoms with Gasteiger partial charge in [0.25, 0.3) is 0 Å². The van der Waals surface area contributed by atoms with Crippen LogP contribution in [0.4, 0.5) is 0 Å². The van der Waals surface area contributed by atoms with E-state index in [1.165, 1.54) is 18.7 Å². The van der Waals surface area contributed by atoms with Gasteiger partial charge in [-0.1, -0.05) is 0 Å². The number of nitrogens with zero attached hydrogens (tertiary/aromatic N) is 1. The molecule has 2 heterocycles. The molecule has 0 aromatic heterocycles. The monoisotopic (exact) mass is 335 g/mol. The molecule has 0 spiro atoms. The quantitative estimate of drug-likeness (QED) is 0.229. The number of carboxylic acids is 1. The minimum absolute atomic E-state index is 0. The van der Waals surface area contributed by atoms with E-state index in [0.29, 0.717) is 24.8 Å². The van der Waals surface area contributed by atoms with E-state index >= 15 is 0 Å². The molecule has 2 rings (SSSR count). The standard InChI is InChI=1S/C14H19NO6.K/c1-7(16)11-10-6-9(4-3-5-21-8(2)17)12(14(19)20)15(10)13(11)18;/h7,10-11,16H,3-6H2,1-2H3,(H,19,20);/q;+1/p-1/t7-,10-,11-;/m1./s1. The zero-order valence-corrected chi connectivity index (χ0v) is 16.1. The van der Waals surface area contributed by atoms with Crippen LogP contribution >= 0.6 is 0 Å². The van der Waals surface area contributed by atoms with Gasteiger partial charge < -0.3 is 24.6 Å². The number of aliphatic hydroxyl groups is 1. The average molecular weight is 335 g/mol. The van der Waals surface area contributed by atoms with E-state index in [0.717, 1.165) is 0 Å². The van der Waals surface area contributed by atoms with Crippen molar-refractivity contribution in [3.63, 3.8) is 0 Å². The number of amides is 1. The number of carbonyl (C=O) groups excluding carboxylic acids is 3. The van der Waals surface area contributed by atoms with Crippen LogP contribution in [0.1, 0.15) is 33.1 Å². The van der Waals surface area contributed by atoms with Gasteiger partial charge in [-0.2, -0.15) is 0 Å². The van der Waals surface area contributed by atoms with Gasteiger partial charge in [0, 0.05) is 6.92 Å². The molecule has 0 unspecified atom stereocenters. The summed E-state index contributed by atoms with van der Waals surface area (Å²) in [6.45, 7) is 3.04. The number of β-lactam (4-membered cyclic amide) rings is 1. The third-order valence-corrected chi connectivity index (χ3v) is 3.94. The average Bonchev–Trinajstić information content (AvgIpc) is 2.68. The third kappa shape index (κ3) is 3.80. The molecule has 0 radical (unpaired) electrons. The third-order valence-electron chi connectivity index (χ3n) is 3.94. The molecule has 0 aromatic carbocycles. The van der Waals surface area contributed by atoms with Gasteiger partial charge in [0.2, 0.25) is 5.91 Å². The number of rotatable bonds is 6. The van der Waals surface area contributed by atoms with Crippen LogP contribution < -0.4 is 56.5 Å².